The third kappa shape index (κ3) is 3.93. The van der Waals surface area contributed by atoms with Gasteiger partial charge in [-0.05, 0) is 49.9 Å². The Labute approximate surface area is 184 Å². The molecule has 2 atom stereocenters. The molecule has 0 aromatic carbocycles. The fraction of sp³-hybridized carbons (Fsp3) is 0.500. The van der Waals surface area contributed by atoms with Crippen LogP contribution in [0.5, 0.6) is 0 Å². The molecule has 1 N–H and O–H groups in total. The molecule has 170 valence electrons. The number of alkyl halides is 3. The zero-order valence-electron chi connectivity index (χ0n) is 17.6. The molecule has 2 fully saturated rings. The summed E-state index contributed by atoms with van der Waals surface area (Å²) < 4.78 is 39.9. The van der Waals surface area contributed by atoms with E-state index in [-0.39, 0.29) is 25.0 Å². The number of halogens is 3. The molecule has 32 heavy (non-hydrogen) atoms. The van der Waals surface area contributed by atoms with Crippen molar-refractivity contribution in [1.29, 1.82) is 0 Å². The van der Waals surface area contributed by atoms with Crippen LogP contribution in [0.3, 0.4) is 0 Å². The van der Waals surface area contributed by atoms with E-state index >= 15 is 0 Å². The number of urea groups is 1. The van der Waals surface area contributed by atoms with Crippen LogP contribution in [0.4, 0.5) is 41.0 Å². The van der Waals surface area contributed by atoms with Crippen molar-refractivity contribution in [1.82, 2.24) is 9.97 Å². The highest BCUT2D eigenvalue weighted by Crippen LogP contribution is 2.41. The summed E-state index contributed by atoms with van der Waals surface area (Å²) in [7, 11) is 0. The van der Waals surface area contributed by atoms with Crippen molar-refractivity contribution in [3.8, 4) is 0 Å². The van der Waals surface area contributed by atoms with Crippen molar-refractivity contribution in [2.24, 2.45) is 5.92 Å². The van der Waals surface area contributed by atoms with Crippen molar-refractivity contribution in [2.45, 2.75) is 37.9 Å². The number of hydrogen-bond acceptors (Lipinski definition) is 5. The van der Waals surface area contributed by atoms with E-state index in [0.29, 0.717) is 30.3 Å². The molecule has 5 heterocycles. The molecule has 7 nitrogen and oxygen atoms in total. The van der Waals surface area contributed by atoms with Crippen LogP contribution in [-0.4, -0.2) is 54.4 Å². The Balaban J connectivity index is 1.47. The monoisotopic (exact) mass is 446 g/mol. The molecule has 0 aliphatic carbocycles. The molecule has 2 saturated heterocycles. The van der Waals surface area contributed by atoms with E-state index in [4.69, 9.17) is 4.98 Å². The number of fused-ring (bicyclic) bond motifs is 4. The molecular formula is C22H25F3N6O. The normalized spacial score (nSPS) is 23.0. The molecule has 0 saturated carbocycles. The summed E-state index contributed by atoms with van der Waals surface area (Å²) in [6.45, 7) is 2.02. The number of nitrogens with zero attached hydrogens (tertiary/aromatic N) is 5. The molecule has 2 amide bonds. The van der Waals surface area contributed by atoms with Gasteiger partial charge in [0.15, 0.2) is 5.82 Å². The number of anilines is 4. The minimum absolute atomic E-state index is 0.0369. The molecule has 0 radical (unpaired) electrons. The van der Waals surface area contributed by atoms with Gasteiger partial charge in [0.05, 0.1) is 17.6 Å². The Morgan fingerprint density at radius 2 is 1.75 bits per heavy atom. The maximum Gasteiger partial charge on any atom is 0.393 e. The SMILES string of the molecule is O=C(Nc1ccncc1)N1c2nc(N3CCCC(C(F)(F)F)C3)ccc2N2CCC[C@H]1C2. The minimum atomic E-state index is -4.22. The standard InChI is InChI=1S/C22H25F3N6O/c23-22(24,25)15-3-1-12-30(13-15)19-6-5-18-20(28-19)31(17-4-2-11-29(18)14-17)21(32)27-16-7-9-26-10-8-16/h5-10,15,17H,1-4,11-14H2,(H,26,27,32)/t15?,17-/m0/s1. The van der Waals surface area contributed by atoms with Gasteiger partial charge in [0.1, 0.15) is 5.82 Å². The number of aromatic nitrogens is 2. The van der Waals surface area contributed by atoms with Gasteiger partial charge in [-0.25, -0.2) is 9.78 Å². The zero-order chi connectivity index (χ0) is 22.3. The minimum Gasteiger partial charge on any atom is -0.366 e. The lowest BCUT2D eigenvalue weighted by atomic mass is 9.97. The lowest BCUT2D eigenvalue weighted by Crippen LogP contribution is -2.56. The van der Waals surface area contributed by atoms with Gasteiger partial charge in [-0.1, -0.05) is 0 Å². The summed E-state index contributed by atoms with van der Waals surface area (Å²) in [5.74, 6) is -0.358. The number of nitrogens with one attached hydrogen (secondary N) is 1. The van der Waals surface area contributed by atoms with Gasteiger partial charge in [0, 0.05) is 44.3 Å². The van der Waals surface area contributed by atoms with E-state index in [1.165, 1.54) is 0 Å². The van der Waals surface area contributed by atoms with Gasteiger partial charge in [0.2, 0.25) is 0 Å². The molecule has 2 aromatic heterocycles. The highest BCUT2D eigenvalue weighted by atomic mass is 19.4. The van der Waals surface area contributed by atoms with E-state index in [9.17, 15) is 18.0 Å². The van der Waals surface area contributed by atoms with Gasteiger partial charge in [0.25, 0.3) is 0 Å². The summed E-state index contributed by atoms with van der Waals surface area (Å²) >= 11 is 0. The first-order valence-electron chi connectivity index (χ1n) is 11.0. The molecule has 10 heteroatoms. The summed E-state index contributed by atoms with van der Waals surface area (Å²) in [6.07, 6.45) is 1.41. The predicted octanol–water partition coefficient (Wildman–Crippen LogP) is 4.28. The quantitative estimate of drug-likeness (QED) is 0.746. The van der Waals surface area contributed by atoms with E-state index in [1.54, 1.807) is 40.4 Å². The van der Waals surface area contributed by atoms with Crippen molar-refractivity contribution in [3.63, 3.8) is 0 Å². The Kier molecular flexibility index (Phi) is 5.30. The lowest BCUT2D eigenvalue weighted by molar-refractivity contribution is -0.176. The van der Waals surface area contributed by atoms with Crippen molar-refractivity contribution in [3.05, 3.63) is 36.7 Å². The highest BCUT2D eigenvalue weighted by Gasteiger charge is 2.43. The number of rotatable bonds is 2. The number of carbonyl (C=O) groups is 1. The van der Waals surface area contributed by atoms with Crippen LogP contribution < -0.4 is 20.0 Å². The number of amides is 2. The summed E-state index contributed by atoms with van der Waals surface area (Å²) in [5.41, 5.74) is 1.48. The second kappa shape index (κ2) is 8.14. The van der Waals surface area contributed by atoms with E-state index in [2.05, 4.69) is 15.2 Å². The Hall–Kier alpha value is -3.04. The first kappa shape index (κ1) is 20.8. The number of hydrogen-bond donors (Lipinski definition) is 1. The van der Waals surface area contributed by atoms with E-state index in [0.717, 1.165) is 31.6 Å². The van der Waals surface area contributed by atoms with Crippen LogP contribution >= 0.6 is 0 Å². The third-order valence-electron chi connectivity index (χ3n) is 6.53. The van der Waals surface area contributed by atoms with E-state index < -0.39 is 12.1 Å². The summed E-state index contributed by atoms with van der Waals surface area (Å²) in [5, 5.41) is 2.91. The van der Waals surface area contributed by atoms with Crippen LogP contribution in [0.1, 0.15) is 25.7 Å². The second-order valence-corrected chi connectivity index (χ2v) is 8.62. The smallest absolute Gasteiger partial charge is 0.366 e. The van der Waals surface area contributed by atoms with Gasteiger partial charge in [-0.2, -0.15) is 13.2 Å². The van der Waals surface area contributed by atoms with Crippen LogP contribution in [0, 0.1) is 5.92 Å². The fourth-order valence-corrected chi connectivity index (χ4v) is 4.92. The first-order chi connectivity index (χ1) is 15.4. The summed E-state index contributed by atoms with van der Waals surface area (Å²) in [4.78, 5) is 27.6. The molecule has 3 aliphatic rings. The zero-order valence-corrected chi connectivity index (χ0v) is 17.6. The van der Waals surface area contributed by atoms with Gasteiger partial charge in [-0.3, -0.25) is 9.88 Å². The maximum absolute atomic E-state index is 13.3. The van der Waals surface area contributed by atoms with Crippen LogP contribution in [0.2, 0.25) is 0 Å². The molecular weight excluding hydrogens is 421 g/mol. The Bertz CT molecular complexity index is 985. The molecule has 1 unspecified atom stereocenters. The lowest BCUT2D eigenvalue weighted by Gasteiger charge is -2.46. The number of piperidine rings is 2. The van der Waals surface area contributed by atoms with Gasteiger partial charge in [-0.15, -0.1) is 0 Å². The largest absolute Gasteiger partial charge is 0.393 e. The molecule has 0 spiro atoms. The molecule has 2 aromatic rings. The number of carbonyl (C=O) groups excluding carboxylic acids is 1. The van der Waals surface area contributed by atoms with Crippen molar-refractivity contribution >= 4 is 29.0 Å². The molecule has 3 aliphatic heterocycles. The first-order valence-corrected chi connectivity index (χ1v) is 11.0. The van der Waals surface area contributed by atoms with Gasteiger partial charge >= 0.3 is 12.2 Å². The van der Waals surface area contributed by atoms with Crippen molar-refractivity contribution in [2.75, 3.05) is 46.2 Å². The Morgan fingerprint density at radius 1 is 1.00 bits per heavy atom. The van der Waals surface area contributed by atoms with Crippen LogP contribution in [0.15, 0.2) is 36.7 Å². The van der Waals surface area contributed by atoms with E-state index in [1.807, 2.05) is 6.07 Å². The molecule has 2 bridgehead atoms. The predicted molar refractivity (Wildman–Crippen MR) is 116 cm³/mol. The third-order valence-corrected chi connectivity index (χ3v) is 6.53. The highest BCUT2D eigenvalue weighted by molar-refractivity contribution is 6.04. The van der Waals surface area contributed by atoms with Crippen molar-refractivity contribution < 1.29 is 18.0 Å². The summed E-state index contributed by atoms with van der Waals surface area (Å²) in [6, 6.07) is 6.77. The maximum atomic E-state index is 13.3. The van der Waals surface area contributed by atoms with Crippen LogP contribution in [-0.2, 0) is 0 Å². The fourth-order valence-electron chi connectivity index (χ4n) is 4.92. The topological polar surface area (TPSA) is 64.6 Å². The van der Waals surface area contributed by atoms with Gasteiger partial charge < -0.3 is 15.1 Å². The van der Waals surface area contributed by atoms with Crippen LogP contribution in [0.25, 0.3) is 0 Å². The Morgan fingerprint density at radius 3 is 2.53 bits per heavy atom. The number of pyridine rings is 2. The average Bonchev–Trinajstić information content (AvgIpc) is 2.79. The average molecular weight is 446 g/mol. The second-order valence-electron chi connectivity index (χ2n) is 8.62. The molecule has 5 rings (SSSR count).